The van der Waals surface area contributed by atoms with Gasteiger partial charge in [0.1, 0.15) is 17.8 Å². The summed E-state index contributed by atoms with van der Waals surface area (Å²) in [6.45, 7) is 0. The first-order chi connectivity index (χ1) is 13.5. The average Bonchev–Trinajstić information content (AvgIpc) is 3.25. The Morgan fingerprint density at radius 1 is 1.18 bits per heavy atom. The molecule has 3 rings (SSSR count). The summed E-state index contributed by atoms with van der Waals surface area (Å²) in [5, 5.41) is 30.5. The molecule has 0 aliphatic carbocycles. The number of nitrogen functional groups attached to an aromatic ring is 1. The van der Waals surface area contributed by atoms with Gasteiger partial charge in [-0.1, -0.05) is 18.2 Å². The van der Waals surface area contributed by atoms with Gasteiger partial charge in [0.05, 0.1) is 11.9 Å². The van der Waals surface area contributed by atoms with Crippen molar-refractivity contribution in [2.75, 3.05) is 19.8 Å². The van der Waals surface area contributed by atoms with Crippen LogP contribution in [0.3, 0.4) is 0 Å². The molecule has 0 fully saturated rings. The summed E-state index contributed by atoms with van der Waals surface area (Å²) in [5.74, 6) is 0.0201. The number of nitrogens with two attached hydrogens (primary N) is 1. The molecule has 0 radical (unpaired) electrons. The van der Waals surface area contributed by atoms with Crippen LogP contribution < -0.4 is 5.73 Å². The van der Waals surface area contributed by atoms with Crippen molar-refractivity contribution < 1.29 is 4.79 Å². The van der Waals surface area contributed by atoms with Crippen molar-refractivity contribution in [1.29, 1.82) is 10.5 Å². The molecule has 0 bridgehead atoms. The Morgan fingerprint density at radius 3 is 2.50 bits per heavy atom. The maximum absolute atomic E-state index is 12.4. The van der Waals surface area contributed by atoms with Gasteiger partial charge in [-0.3, -0.25) is 0 Å². The second-order valence-corrected chi connectivity index (χ2v) is 5.71. The number of para-hydroxylation sites is 1. The minimum atomic E-state index is -0.590. The van der Waals surface area contributed by atoms with Crippen LogP contribution in [0.2, 0.25) is 0 Å². The number of nitrogens with zero attached hydrogens (tertiary/aromatic N) is 9. The van der Waals surface area contributed by atoms with Crippen LogP contribution in [0.25, 0.3) is 5.69 Å². The van der Waals surface area contributed by atoms with Gasteiger partial charge >= 0.3 is 6.03 Å². The lowest BCUT2D eigenvalue weighted by atomic mass is 10.3. The van der Waals surface area contributed by atoms with E-state index < -0.39 is 6.03 Å². The molecule has 28 heavy (non-hydrogen) atoms. The number of anilines is 1. The molecule has 2 heterocycles. The average molecular weight is 374 g/mol. The van der Waals surface area contributed by atoms with Gasteiger partial charge in [-0.25, -0.2) is 14.0 Å². The van der Waals surface area contributed by atoms with Crippen LogP contribution in [0.4, 0.5) is 22.2 Å². The fourth-order valence-corrected chi connectivity index (χ4v) is 2.34. The number of amides is 1. The number of imidazole rings is 1. The van der Waals surface area contributed by atoms with Crippen molar-refractivity contribution >= 4 is 23.5 Å². The van der Waals surface area contributed by atoms with E-state index in [0.29, 0.717) is 0 Å². The maximum Gasteiger partial charge on any atom is 0.331 e. The topological polar surface area (TPSA) is 154 Å². The summed E-state index contributed by atoms with van der Waals surface area (Å²) in [4.78, 5) is 17.5. The minimum absolute atomic E-state index is 0.210. The van der Waals surface area contributed by atoms with Crippen LogP contribution in [0, 0.1) is 22.7 Å². The molecule has 0 spiro atoms. The molecular formula is C17H14N10O. The van der Waals surface area contributed by atoms with E-state index in [9.17, 15) is 10.1 Å². The summed E-state index contributed by atoms with van der Waals surface area (Å²) in [6, 6.07) is 12.2. The number of aromatic nitrogens is 4. The van der Waals surface area contributed by atoms with Crippen LogP contribution in [0.15, 0.2) is 46.8 Å². The number of hydrogen-bond donors (Lipinski definition) is 1. The third kappa shape index (κ3) is 3.15. The predicted molar refractivity (Wildman–Crippen MR) is 98.3 cm³/mol. The Kier molecular flexibility index (Phi) is 4.83. The van der Waals surface area contributed by atoms with E-state index in [1.54, 1.807) is 12.1 Å². The van der Waals surface area contributed by atoms with Gasteiger partial charge in [0.2, 0.25) is 0 Å². The zero-order valence-corrected chi connectivity index (χ0v) is 15.0. The third-order valence-electron chi connectivity index (χ3n) is 3.68. The summed E-state index contributed by atoms with van der Waals surface area (Å²) in [6.07, 6.45) is 1.41. The molecule has 0 aliphatic rings. The van der Waals surface area contributed by atoms with E-state index in [-0.39, 0.29) is 28.8 Å². The first-order valence-electron chi connectivity index (χ1n) is 7.93. The van der Waals surface area contributed by atoms with Gasteiger partial charge in [0, 0.05) is 14.1 Å². The number of carbonyl (C=O) groups excluding carboxylic acids is 1. The highest BCUT2D eigenvalue weighted by atomic mass is 16.2. The highest BCUT2D eigenvalue weighted by Crippen LogP contribution is 2.27. The van der Waals surface area contributed by atoms with Crippen molar-refractivity contribution in [2.45, 2.75) is 0 Å². The molecule has 11 heteroatoms. The number of hydrogen-bond acceptors (Lipinski definition) is 8. The summed E-state index contributed by atoms with van der Waals surface area (Å²) >= 11 is 0. The van der Waals surface area contributed by atoms with E-state index >= 15 is 0 Å². The number of nitriles is 2. The molecule has 0 saturated carbocycles. The number of azo groups is 1. The standard InChI is InChI=1S/C17H14N10O/c1-25(2)17(28)26-14(9-19)12(8-18)22-16(26)24-23-13-10-21-27(15(13)20)11-6-4-3-5-7-11/h3-7,10H,20H2,1-2H3. The van der Waals surface area contributed by atoms with Gasteiger partial charge in [-0.05, 0) is 12.1 Å². The summed E-state index contributed by atoms with van der Waals surface area (Å²) < 4.78 is 2.40. The Balaban J connectivity index is 2.03. The second kappa shape index (κ2) is 7.39. The van der Waals surface area contributed by atoms with E-state index in [2.05, 4.69) is 20.3 Å². The molecule has 3 aromatic rings. The molecule has 1 amide bonds. The number of rotatable bonds is 3. The number of carbonyl (C=O) groups is 1. The first-order valence-corrected chi connectivity index (χ1v) is 7.93. The lowest BCUT2D eigenvalue weighted by Gasteiger charge is -2.11. The van der Waals surface area contributed by atoms with E-state index in [4.69, 9.17) is 11.0 Å². The smallest absolute Gasteiger partial charge is 0.331 e. The molecular weight excluding hydrogens is 360 g/mol. The molecule has 0 aliphatic heterocycles. The lowest BCUT2D eigenvalue weighted by molar-refractivity contribution is 0.219. The van der Waals surface area contributed by atoms with Crippen molar-refractivity contribution in [3.8, 4) is 17.8 Å². The fourth-order valence-electron chi connectivity index (χ4n) is 2.34. The monoisotopic (exact) mass is 374 g/mol. The molecule has 0 atom stereocenters. The molecule has 0 saturated heterocycles. The van der Waals surface area contributed by atoms with Crippen LogP contribution in [-0.4, -0.2) is 44.4 Å². The quantitative estimate of drug-likeness (QED) is 0.694. The van der Waals surface area contributed by atoms with Crippen LogP contribution in [-0.2, 0) is 0 Å². The van der Waals surface area contributed by atoms with Gasteiger partial charge in [0.25, 0.3) is 5.95 Å². The molecule has 11 nitrogen and oxygen atoms in total. The molecule has 1 aromatic carbocycles. The first kappa shape index (κ1) is 18.3. The number of benzene rings is 1. The Labute approximate surface area is 159 Å². The van der Waals surface area contributed by atoms with Crippen molar-refractivity contribution in [3.05, 3.63) is 47.9 Å². The molecule has 138 valence electrons. The fraction of sp³-hybridized carbons (Fsp3) is 0.118. The maximum atomic E-state index is 12.4. The highest BCUT2D eigenvalue weighted by Gasteiger charge is 2.23. The van der Waals surface area contributed by atoms with Crippen molar-refractivity contribution in [3.63, 3.8) is 0 Å². The second-order valence-electron chi connectivity index (χ2n) is 5.71. The zero-order valence-electron chi connectivity index (χ0n) is 15.0. The highest BCUT2D eigenvalue weighted by molar-refractivity contribution is 5.81. The zero-order chi connectivity index (χ0) is 20.3. The van der Waals surface area contributed by atoms with Gasteiger partial charge < -0.3 is 10.6 Å². The molecule has 2 aromatic heterocycles. The van der Waals surface area contributed by atoms with Crippen LogP contribution >= 0.6 is 0 Å². The summed E-state index contributed by atoms with van der Waals surface area (Å²) in [7, 11) is 3.00. The van der Waals surface area contributed by atoms with Crippen LogP contribution in [0.5, 0.6) is 0 Å². The normalized spacial score (nSPS) is 10.6. The van der Waals surface area contributed by atoms with E-state index in [0.717, 1.165) is 10.3 Å². The summed E-state index contributed by atoms with van der Waals surface area (Å²) in [5.41, 5.74) is 6.61. The molecule has 2 N–H and O–H groups in total. The van der Waals surface area contributed by atoms with Gasteiger partial charge in [-0.15, -0.1) is 10.2 Å². The van der Waals surface area contributed by atoms with E-state index in [1.165, 1.54) is 29.9 Å². The van der Waals surface area contributed by atoms with Crippen LogP contribution in [0.1, 0.15) is 11.4 Å². The Morgan fingerprint density at radius 2 is 1.89 bits per heavy atom. The third-order valence-corrected chi connectivity index (χ3v) is 3.68. The van der Waals surface area contributed by atoms with E-state index in [1.807, 2.05) is 30.3 Å². The van der Waals surface area contributed by atoms with Gasteiger partial charge in [0.15, 0.2) is 17.2 Å². The lowest BCUT2D eigenvalue weighted by Crippen LogP contribution is -2.28. The van der Waals surface area contributed by atoms with Crippen molar-refractivity contribution in [1.82, 2.24) is 24.2 Å². The SMILES string of the molecule is CN(C)C(=O)n1c(N=Nc2cnn(-c3ccccc3)c2N)nc(C#N)c1C#N. The Hall–Kier alpha value is -4.51. The Bertz CT molecular complexity index is 1140. The predicted octanol–water partition coefficient (Wildman–Crippen LogP) is 2.34. The molecule has 0 unspecified atom stereocenters. The largest absolute Gasteiger partial charge is 0.382 e. The van der Waals surface area contributed by atoms with Gasteiger partial charge in [-0.2, -0.15) is 20.6 Å². The van der Waals surface area contributed by atoms with Crippen molar-refractivity contribution in [2.24, 2.45) is 10.2 Å². The minimum Gasteiger partial charge on any atom is -0.382 e.